The minimum Gasteiger partial charge on any atom is -0.493 e. The quantitative estimate of drug-likeness (QED) is 0.528. The van der Waals surface area contributed by atoms with E-state index in [-0.39, 0.29) is 12.4 Å². The number of rotatable bonds is 10. The highest BCUT2D eigenvalue weighted by atomic mass is 32.2. The van der Waals surface area contributed by atoms with E-state index in [1.807, 2.05) is 24.3 Å². The Labute approximate surface area is 128 Å². The molecule has 1 N–H and O–H groups in total. The minimum absolute atomic E-state index is 0.138. The van der Waals surface area contributed by atoms with Crippen molar-refractivity contribution in [3.8, 4) is 5.75 Å². The minimum atomic E-state index is -0.791. The molecule has 1 aromatic rings. The number of esters is 1. The molecule has 116 valence electrons. The number of hydrogen-bond donors (Lipinski definition) is 1. The van der Waals surface area contributed by atoms with Crippen molar-refractivity contribution in [3.05, 3.63) is 29.8 Å². The Morgan fingerprint density at radius 1 is 1.14 bits per heavy atom. The van der Waals surface area contributed by atoms with Gasteiger partial charge in [-0.05, 0) is 24.1 Å². The molecule has 6 heteroatoms. The van der Waals surface area contributed by atoms with Gasteiger partial charge in [0.1, 0.15) is 12.4 Å². The van der Waals surface area contributed by atoms with Crippen molar-refractivity contribution in [1.82, 2.24) is 0 Å². The van der Waals surface area contributed by atoms with E-state index in [4.69, 9.17) is 14.6 Å². The molecule has 0 amide bonds. The van der Waals surface area contributed by atoms with Gasteiger partial charge in [0.2, 0.25) is 0 Å². The van der Waals surface area contributed by atoms with Crippen molar-refractivity contribution < 1.29 is 24.2 Å². The van der Waals surface area contributed by atoms with Gasteiger partial charge >= 0.3 is 11.9 Å². The van der Waals surface area contributed by atoms with E-state index in [0.717, 1.165) is 22.8 Å². The van der Waals surface area contributed by atoms with Crippen LogP contribution >= 0.6 is 11.8 Å². The number of benzene rings is 1. The molecular formula is C15H20O5S. The van der Waals surface area contributed by atoms with E-state index in [2.05, 4.69) is 0 Å². The van der Waals surface area contributed by atoms with Gasteiger partial charge in [-0.3, -0.25) is 9.59 Å². The Kier molecular flexibility index (Phi) is 8.35. The van der Waals surface area contributed by atoms with E-state index < -0.39 is 5.97 Å². The van der Waals surface area contributed by atoms with Crippen molar-refractivity contribution in [2.75, 3.05) is 24.7 Å². The summed E-state index contributed by atoms with van der Waals surface area (Å²) >= 11 is 1.66. The third-order valence-corrected chi connectivity index (χ3v) is 3.49. The van der Waals surface area contributed by atoms with E-state index in [1.165, 1.54) is 6.92 Å². The second-order valence-corrected chi connectivity index (χ2v) is 5.56. The van der Waals surface area contributed by atoms with E-state index in [9.17, 15) is 9.59 Å². The summed E-state index contributed by atoms with van der Waals surface area (Å²) in [5, 5.41) is 8.61. The number of carbonyl (C=O) groups excluding carboxylic acids is 1. The molecule has 0 aliphatic rings. The number of carboxylic acids is 1. The van der Waals surface area contributed by atoms with Crippen molar-refractivity contribution in [2.45, 2.75) is 19.8 Å². The Bertz CT molecular complexity index is 444. The maximum atomic E-state index is 10.5. The predicted octanol–water partition coefficient (Wildman–Crippen LogP) is 2.38. The molecule has 21 heavy (non-hydrogen) atoms. The van der Waals surface area contributed by atoms with Crippen LogP contribution in [-0.2, 0) is 20.7 Å². The topological polar surface area (TPSA) is 72.8 Å². The highest BCUT2D eigenvalue weighted by molar-refractivity contribution is 7.99. The molecule has 0 saturated heterocycles. The fourth-order valence-corrected chi connectivity index (χ4v) is 2.17. The van der Waals surface area contributed by atoms with Crippen LogP contribution in [0.15, 0.2) is 24.3 Å². The Morgan fingerprint density at radius 2 is 1.81 bits per heavy atom. The van der Waals surface area contributed by atoms with Crippen molar-refractivity contribution in [3.63, 3.8) is 0 Å². The molecule has 0 aliphatic carbocycles. The molecule has 0 spiro atoms. The SMILES string of the molecule is CC(=O)OCCSCCOc1ccc(CCC(=O)O)cc1. The van der Waals surface area contributed by atoms with E-state index in [0.29, 0.717) is 19.6 Å². The molecule has 5 nitrogen and oxygen atoms in total. The van der Waals surface area contributed by atoms with Crippen LogP contribution in [0.1, 0.15) is 18.9 Å². The third-order valence-electron chi connectivity index (χ3n) is 2.58. The van der Waals surface area contributed by atoms with Crippen LogP contribution in [-0.4, -0.2) is 41.8 Å². The van der Waals surface area contributed by atoms with Gasteiger partial charge in [0.05, 0.1) is 6.61 Å². The molecule has 0 atom stereocenters. The van der Waals surface area contributed by atoms with Gasteiger partial charge in [0.15, 0.2) is 0 Å². The summed E-state index contributed by atoms with van der Waals surface area (Å²) in [6.45, 7) is 2.41. The predicted molar refractivity (Wildman–Crippen MR) is 81.9 cm³/mol. The van der Waals surface area contributed by atoms with Crippen LogP contribution in [0.25, 0.3) is 0 Å². The Morgan fingerprint density at radius 3 is 2.43 bits per heavy atom. The molecule has 0 saturated carbocycles. The monoisotopic (exact) mass is 312 g/mol. The number of carboxylic acid groups (broad SMARTS) is 1. The molecule has 1 rings (SSSR count). The maximum absolute atomic E-state index is 10.5. The molecule has 0 radical (unpaired) electrons. The van der Waals surface area contributed by atoms with Gasteiger partial charge in [-0.25, -0.2) is 0 Å². The summed E-state index contributed by atoms with van der Waals surface area (Å²) in [6, 6.07) is 7.46. The maximum Gasteiger partial charge on any atom is 0.303 e. The summed E-state index contributed by atoms with van der Waals surface area (Å²) in [5.74, 6) is 1.31. The Balaban J connectivity index is 2.12. The van der Waals surface area contributed by atoms with Crippen LogP contribution in [0.2, 0.25) is 0 Å². The zero-order valence-corrected chi connectivity index (χ0v) is 12.9. The van der Waals surface area contributed by atoms with Gasteiger partial charge in [-0.2, -0.15) is 11.8 Å². The normalized spacial score (nSPS) is 10.1. The molecule has 0 fully saturated rings. The molecule has 0 heterocycles. The summed E-state index contributed by atoms with van der Waals surface area (Å²) in [7, 11) is 0. The second-order valence-electron chi connectivity index (χ2n) is 4.34. The number of hydrogen-bond acceptors (Lipinski definition) is 5. The van der Waals surface area contributed by atoms with E-state index >= 15 is 0 Å². The Hall–Kier alpha value is -1.69. The number of thioether (sulfide) groups is 1. The van der Waals surface area contributed by atoms with Gasteiger partial charge in [0.25, 0.3) is 0 Å². The van der Waals surface area contributed by atoms with Crippen molar-refractivity contribution in [2.24, 2.45) is 0 Å². The average Bonchev–Trinajstić information content (AvgIpc) is 2.45. The van der Waals surface area contributed by atoms with Crippen LogP contribution < -0.4 is 4.74 Å². The number of aryl methyl sites for hydroxylation is 1. The van der Waals surface area contributed by atoms with E-state index in [1.54, 1.807) is 11.8 Å². The summed E-state index contributed by atoms with van der Waals surface area (Å²) in [6.07, 6.45) is 0.667. The molecular weight excluding hydrogens is 292 g/mol. The summed E-state index contributed by atoms with van der Waals surface area (Å²) in [4.78, 5) is 21.0. The summed E-state index contributed by atoms with van der Waals surface area (Å²) < 4.78 is 10.4. The molecule has 0 aromatic heterocycles. The zero-order chi connectivity index (χ0) is 15.5. The standard InChI is InChI=1S/C15H20O5S/c1-12(16)19-8-10-21-11-9-20-14-5-2-13(3-6-14)4-7-15(17)18/h2-3,5-6H,4,7-11H2,1H3,(H,17,18). The number of carbonyl (C=O) groups is 2. The van der Waals surface area contributed by atoms with Crippen LogP contribution in [0, 0.1) is 0 Å². The molecule has 0 bridgehead atoms. The lowest BCUT2D eigenvalue weighted by molar-refractivity contribution is -0.140. The second kappa shape index (κ2) is 10.1. The lowest BCUT2D eigenvalue weighted by atomic mass is 10.1. The zero-order valence-electron chi connectivity index (χ0n) is 12.0. The fourth-order valence-electron chi connectivity index (χ4n) is 1.57. The third kappa shape index (κ3) is 8.96. The highest BCUT2D eigenvalue weighted by Crippen LogP contribution is 2.14. The fraction of sp³-hybridized carbons (Fsp3) is 0.467. The smallest absolute Gasteiger partial charge is 0.303 e. The lowest BCUT2D eigenvalue weighted by Crippen LogP contribution is -2.05. The lowest BCUT2D eigenvalue weighted by Gasteiger charge is -2.07. The van der Waals surface area contributed by atoms with Crippen molar-refractivity contribution in [1.29, 1.82) is 0 Å². The first kappa shape index (κ1) is 17.4. The van der Waals surface area contributed by atoms with Gasteiger partial charge in [-0.15, -0.1) is 0 Å². The van der Waals surface area contributed by atoms with Gasteiger partial charge in [-0.1, -0.05) is 12.1 Å². The van der Waals surface area contributed by atoms with Crippen LogP contribution in [0.5, 0.6) is 5.75 Å². The summed E-state index contributed by atoms with van der Waals surface area (Å²) in [5.41, 5.74) is 0.987. The van der Waals surface area contributed by atoms with Crippen molar-refractivity contribution >= 4 is 23.7 Å². The molecule has 0 unspecified atom stereocenters. The number of ether oxygens (including phenoxy) is 2. The average molecular weight is 312 g/mol. The van der Waals surface area contributed by atoms with Gasteiger partial charge < -0.3 is 14.6 Å². The first-order valence-electron chi connectivity index (χ1n) is 6.72. The largest absolute Gasteiger partial charge is 0.493 e. The first-order valence-corrected chi connectivity index (χ1v) is 7.88. The first-order chi connectivity index (χ1) is 10.1. The number of aliphatic carboxylic acids is 1. The molecule has 1 aromatic carbocycles. The van der Waals surface area contributed by atoms with Gasteiger partial charge in [0, 0.05) is 24.9 Å². The molecule has 0 aliphatic heterocycles. The highest BCUT2D eigenvalue weighted by Gasteiger charge is 2.00. The van der Waals surface area contributed by atoms with Crippen LogP contribution in [0.3, 0.4) is 0 Å². The van der Waals surface area contributed by atoms with Crippen LogP contribution in [0.4, 0.5) is 0 Å².